The van der Waals surface area contributed by atoms with Crippen molar-refractivity contribution in [3.63, 3.8) is 0 Å². The highest BCUT2D eigenvalue weighted by atomic mass is 16.5. The molecule has 0 saturated heterocycles. The normalized spacial score (nSPS) is 26.0. The molecule has 1 aliphatic carbocycles. The van der Waals surface area contributed by atoms with Crippen LogP contribution in [0.3, 0.4) is 0 Å². The Morgan fingerprint density at radius 3 is 2.71 bits per heavy atom. The molecule has 0 aromatic carbocycles. The molecule has 1 aliphatic rings. The van der Waals surface area contributed by atoms with Gasteiger partial charge in [0.25, 0.3) is 0 Å². The summed E-state index contributed by atoms with van der Waals surface area (Å²) in [6, 6.07) is 0. The third kappa shape index (κ3) is 0.829. The second kappa shape index (κ2) is 1.82. The third-order valence-corrected chi connectivity index (χ3v) is 0.990. The molecule has 0 N–H and O–H groups in total. The van der Waals surface area contributed by atoms with Gasteiger partial charge in [0.1, 0.15) is 6.10 Å². The van der Waals surface area contributed by atoms with Crippen LogP contribution in [0.5, 0.6) is 0 Å². The van der Waals surface area contributed by atoms with Gasteiger partial charge in [-0.3, -0.25) is 0 Å². The van der Waals surface area contributed by atoms with E-state index in [0.717, 1.165) is 6.42 Å². The fourth-order valence-corrected chi connectivity index (χ4v) is 0.472. The molecule has 0 aromatic heterocycles. The van der Waals surface area contributed by atoms with Crippen molar-refractivity contribution in [2.24, 2.45) is 0 Å². The molecular weight excluding hydrogens is 88.1 g/mol. The lowest BCUT2D eigenvalue weighted by molar-refractivity contribution is 0.176. The molecular formula is C6H8O. The van der Waals surface area contributed by atoms with Crippen molar-refractivity contribution < 1.29 is 4.74 Å². The second-order valence-electron chi connectivity index (χ2n) is 1.51. The smallest absolute Gasteiger partial charge is 0.119 e. The number of ether oxygens (including phenoxy) is 1. The van der Waals surface area contributed by atoms with Crippen LogP contribution in [0, 0.1) is 0 Å². The van der Waals surface area contributed by atoms with Crippen LogP contribution in [-0.4, -0.2) is 6.10 Å². The fourth-order valence-electron chi connectivity index (χ4n) is 0.472. The van der Waals surface area contributed by atoms with Gasteiger partial charge in [-0.05, 0) is 6.08 Å². The zero-order chi connectivity index (χ0) is 5.11. The van der Waals surface area contributed by atoms with Crippen LogP contribution in [0.1, 0.15) is 6.42 Å². The Morgan fingerprint density at radius 2 is 2.57 bits per heavy atom. The van der Waals surface area contributed by atoms with Crippen LogP contribution in [0.25, 0.3) is 0 Å². The summed E-state index contributed by atoms with van der Waals surface area (Å²) < 4.78 is 4.95. The van der Waals surface area contributed by atoms with Gasteiger partial charge in [-0.15, -0.1) is 0 Å². The molecule has 1 nitrogen and oxygen atoms in total. The van der Waals surface area contributed by atoms with Crippen molar-refractivity contribution in [3.05, 3.63) is 25.0 Å². The molecule has 0 aromatic rings. The lowest BCUT2D eigenvalue weighted by Crippen LogP contribution is -2.10. The van der Waals surface area contributed by atoms with E-state index in [0.29, 0.717) is 6.10 Å². The van der Waals surface area contributed by atoms with Gasteiger partial charge in [0.05, 0.1) is 6.26 Å². The summed E-state index contributed by atoms with van der Waals surface area (Å²) >= 11 is 0. The highest BCUT2D eigenvalue weighted by molar-refractivity contribution is 5.04. The summed E-state index contributed by atoms with van der Waals surface area (Å²) in [5, 5.41) is 0. The molecule has 0 fully saturated rings. The molecule has 1 heteroatoms. The van der Waals surface area contributed by atoms with Gasteiger partial charge in [0, 0.05) is 6.42 Å². The van der Waals surface area contributed by atoms with E-state index in [4.69, 9.17) is 4.74 Å². The topological polar surface area (TPSA) is 9.23 Å². The lowest BCUT2D eigenvalue weighted by Gasteiger charge is -2.15. The first-order chi connectivity index (χ1) is 3.43. The van der Waals surface area contributed by atoms with Crippen LogP contribution in [0.4, 0.5) is 0 Å². The van der Waals surface area contributed by atoms with Crippen LogP contribution < -0.4 is 0 Å². The van der Waals surface area contributed by atoms with Gasteiger partial charge in [-0.1, -0.05) is 12.7 Å². The summed E-state index contributed by atoms with van der Waals surface area (Å²) in [6.45, 7) is 3.43. The Kier molecular flexibility index (Phi) is 1.16. The maximum Gasteiger partial charge on any atom is 0.119 e. The van der Waals surface area contributed by atoms with Gasteiger partial charge in [-0.2, -0.15) is 0 Å². The molecule has 7 heavy (non-hydrogen) atoms. The first kappa shape index (κ1) is 4.44. The van der Waals surface area contributed by atoms with Gasteiger partial charge in [0.15, 0.2) is 0 Å². The van der Waals surface area contributed by atoms with E-state index >= 15 is 0 Å². The average molecular weight is 96.1 g/mol. The van der Waals surface area contributed by atoms with E-state index in [1.807, 2.05) is 6.08 Å². The summed E-state index contributed by atoms with van der Waals surface area (Å²) in [6.07, 6.45) is 6.95. The molecule has 1 unspecified atom stereocenters. The van der Waals surface area contributed by atoms with Crippen LogP contribution in [-0.2, 0) is 4.74 Å². The zero-order valence-electron chi connectivity index (χ0n) is 4.13. The Labute approximate surface area is 43.3 Å². The molecule has 0 bridgehead atoms. The summed E-state index contributed by atoms with van der Waals surface area (Å²) in [5.74, 6) is 0. The molecule has 0 heterocycles. The summed E-state index contributed by atoms with van der Waals surface area (Å²) in [5.41, 5.74) is 0. The second-order valence-corrected chi connectivity index (χ2v) is 1.51. The van der Waals surface area contributed by atoms with Gasteiger partial charge in [-0.25, -0.2) is 0 Å². The van der Waals surface area contributed by atoms with E-state index in [1.165, 1.54) is 6.26 Å². The predicted molar refractivity (Wildman–Crippen MR) is 28.8 cm³/mol. The van der Waals surface area contributed by atoms with Crippen molar-refractivity contribution in [1.29, 1.82) is 0 Å². The Hall–Kier alpha value is -0.720. The van der Waals surface area contributed by atoms with E-state index in [-0.39, 0.29) is 0 Å². The van der Waals surface area contributed by atoms with Gasteiger partial charge < -0.3 is 4.74 Å². The van der Waals surface area contributed by atoms with Crippen molar-refractivity contribution in [3.8, 4) is 0 Å². The van der Waals surface area contributed by atoms with E-state index in [2.05, 4.69) is 12.7 Å². The predicted octanol–water partition coefficient (Wildman–Crippen LogP) is 1.47. The molecule has 0 amide bonds. The average Bonchev–Trinajstić information content (AvgIpc) is 1.55. The largest absolute Gasteiger partial charge is 0.494 e. The Morgan fingerprint density at radius 1 is 1.86 bits per heavy atom. The molecule has 0 aliphatic heterocycles. The number of hydrogen-bond acceptors (Lipinski definition) is 1. The molecule has 1 rings (SSSR count). The highest BCUT2D eigenvalue weighted by Crippen LogP contribution is 2.10. The number of rotatable bonds is 2. The molecule has 38 valence electrons. The Bertz CT molecular complexity index is 94.4. The highest BCUT2D eigenvalue weighted by Gasteiger charge is 2.06. The van der Waals surface area contributed by atoms with Crippen molar-refractivity contribution in [2.45, 2.75) is 12.5 Å². The first-order valence-corrected chi connectivity index (χ1v) is 2.36. The van der Waals surface area contributed by atoms with E-state index < -0.39 is 0 Å². The fraction of sp³-hybridized carbons (Fsp3) is 0.333. The quantitative estimate of drug-likeness (QED) is 0.373. The minimum atomic E-state index is 0.331. The Balaban J connectivity index is 2.17. The standard InChI is InChI=1S/C6H8O/c1-2-7-6-4-3-5-6/h2-4,6H,1,5H2. The number of hydrogen-bond donors (Lipinski definition) is 0. The van der Waals surface area contributed by atoms with Gasteiger partial charge in [0.2, 0.25) is 0 Å². The third-order valence-electron chi connectivity index (χ3n) is 0.990. The minimum Gasteiger partial charge on any atom is -0.494 e. The van der Waals surface area contributed by atoms with Crippen LogP contribution in [0.2, 0.25) is 0 Å². The molecule has 0 radical (unpaired) electrons. The molecule has 0 saturated carbocycles. The SMILES string of the molecule is C=COC1C=CC1. The van der Waals surface area contributed by atoms with Crippen LogP contribution >= 0.6 is 0 Å². The van der Waals surface area contributed by atoms with Gasteiger partial charge >= 0.3 is 0 Å². The molecule has 0 spiro atoms. The van der Waals surface area contributed by atoms with E-state index in [9.17, 15) is 0 Å². The van der Waals surface area contributed by atoms with Crippen molar-refractivity contribution in [1.82, 2.24) is 0 Å². The van der Waals surface area contributed by atoms with Crippen molar-refractivity contribution in [2.75, 3.05) is 0 Å². The van der Waals surface area contributed by atoms with Crippen molar-refractivity contribution >= 4 is 0 Å². The van der Waals surface area contributed by atoms with E-state index in [1.54, 1.807) is 0 Å². The minimum absolute atomic E-state index is 0.331. The maximum absolute atomic E-state index is 4.95. The molecule has 1 atom stereocenters. The first-order valence-electron chi connectivity index (χ1n) is 2.36. The maximum atomic E-state index is 4.95. The monoisotopic (exact) mass is 96.1 g/mol. The summed E-state index contributed by atoms with van der Waals surface area (Å²) in [7, 11) is 0. The summed E-state index contributed by atoms with van der Waals surface area (Å²) in [4.78, 5) is 0. The zero-order valence-corrected chi connectivity index (χ0v) is 4.13. The lowest BCUT2D eigenvalue weighted by atomic mass is 10.1. The van der Waals surface area contributed by atoms with Crippen LogP contribution in [0.15, 0.2) is 25.0 Å².